The Bertz CT molecular complexity index is 761. The Balaban J connectivity index is 1.80. The molecule has 1 aliphatic rings. The quantitative estimate of drug-likeness (QED) is 0.871. The van der Waals surface area contributed by atoms with Gasteiger partial charge in [0, 0.05) is 17.5 Å². The van der Waals surface area contributed by atoms with E-state index < -0.39 is 10.0 Å². The van der Waals surface area contributed by atoms with Gasteiger partial charge in [-0.05, 0) is 30.0 Å². The van der Waals surface area contributed by atoms with E-state index in [9.17, 15) is 13.2 Å². The third-order valence-corrected chi connectivity index (χ3v) is 4.72. The molecule has 1 saturated carbocycles. The summed E-state index contributed by atoms with van der Waals surface area (Å²) in [5, 5.41) is 5.04. The van der Waals surface area contributed by atoms with Gasteiger partial charge in [0.25, 0.3) is 0 Å². The first-order chi connectivity index (χ1) is 8.95. The van der Waals surface area contributed by atoms with Crippen LogP contribution in [0.4, 0.5) is 0 Å². The van der Waals surface area contributed by atoms with Crippen molar-refractivity contribution in [1.29, 1.82) is 0 Å². The average molecular weight is 297 g/mol. The number of benzene rings is 1. The molecule has 2 atom stereocenters. The first-order valence-electron chi connectivity index (χ1n) is 5.64. The smallest absolute Gasteiger partial charge is 0.299 e. The highest BCUT2D eigenvalue weighted by Gasteiger charge is 2.41. The van der Waals surface area contributed by atoms with Crippen molar-refractivity contribution < 1.29 is 8.42 Å². The molecule has 0 amide bonds. The normalized spacial score (nSPS) is 22.4. The lowest BCUT2D eigenvalue weighted by Crippen LogP contribution is -2.11. The van der Waals surface area contributed by atoms with Gasteiger partial charge < -0.3 is 0 Å². The van der Waals surface area contributed by atoms with Crippen LogP contribution in [0.15, 0.2) is 34.0 Å². The molecule has 3 N–H and O–H groups in total. The van der Waals surface area contributed by atoms with Crippen LogP contribution in [0.1, 0.15) is 29.6 Å². The molecule has 1 fully saturated rings. The second-order valence-electron chi connectivity index (χ2n) is 4.54. The van der Waals surface area contributed by atoms with E-state index in [1.807, 2.05) is 0 Å². The van der Waals surface area contributed by atoms with Crippen molar-refractivity contribution in [2.75, 3.05) is 0 Å². The van der Waals surface area contributed by atoms with Crippen molar-refractivity contribution in [3.8, 4) is 0 Å². The van der Waals surface area contributed by atoms with Gasteiger partial charge in [-0.2, -0.15) is 4.37 Å². The number of rotatable bonds is 3. The van der Waals surface area contributed by atoms with E-state index in [1.165, 1.54) is 12.1 Å². The minimum absolute atomic E-state index is 0.107. The number of sulfonamides is 1. The summed E-state index contributed by atoms with van der Waals surface area (Å²) in [6.45, 7) is 0. The maximum absolute atomic E-state index is 11.1. The molecule has 0 saturated heterocycles. The van der Waals surface area contributed by atoms with Gasteiger partial charge >= 0.3 is 4.87 Å². The van der Waals surface area contributed by atoms with Gasteiger partial charge in [-0.1, -0.05) is 12.1 Å². The van der Waals surface area contributed by atoms with Crippen molar-refractivity contribution >= 4 is 21.6 Å². The zero-order valence-corrected chi connectivity index (χ0v) is 11.4. The number of primary sulfonamides is 1. The second kappa shape index (κ2) is 4.26. The molecule has 0 aliphatic heterocycles. The number of H-pyrrole nitrogens is 1. The number of nitrogens with zero attached hydrogens (tertiary/aromatic N) is 1. The van der Waals surface area contributed by atoms with Crippen LogP contribution in [0.25, 0.3) is 0 Å². The number of nitrogens with one attached hydrogen (secondary N) is 1. The van der Waals surface area contributed by atoms with Crippen LogP contribution in [0.2, 0.25) is 0 Å². The van der Waals surface area contributed by atoms with E-state index in [0.717, 1.165) is 29.3 Å². The van der Waals surface area contributed by atoms with E-state index in [2.05, 4.69) is 9.36 Å². The van der Waals surface area contributed by atoms with Gasteiger partial charge in [0.05, 0.1) is 4.90 Å². The van der Waals surface area contributed by atoms with Gasteiger partial charge in [-0.3, -0.25) is 9.78 Å². The highest BCUT2D eigenvalue weighted by Crippen LogP contribution is 2.53. The number of nitrogens with two attached hydrogens (primary N) is 1. The Kier molecular flexibility index (Phi) is 2.80. The van der Waals surface area contributed by atoms with Crippen molar-refractivity contribution in [3.63, 3.8) is 0 Å². The summed E-state index contributed by atoms with van der Waals surface area (Å²) in [4.78, 5) is 13.7. The Hall–Kier alpha value is -1.51. The number of hydrogen-bond acceptors (Lipinski definition) is 5. The van der Waals surface area contributed by atoms with Crippen LogP contribution < -0.4 is 10.0 Å². The first-order valence-corrected chi connectivity index (χ1v) is 7.96. The van der Waals surface area contributed by atoms with Gasteiger partial charge in [0.15, 0.2) is 0 Å². The molecule has 8 heteroatoms. The molecule has 1 unspecified atom stereocenters. The van der Waals surface area contributed by atoms with Gasteiger partial charge in [0.2, 0.25) is 10.0 Å². The molecule has 0 bridgehead atoms. The zero-order chi connectivity index (χ0) is 13.6. The van der Waals surface area contributed by atoms with E-state index in [4.69, 9.17) is 5.14 Å². The van der Waals surface area contributed by atoms with Crippen LogP contribution in [0, 0.1) is 0 Å². The van der Waals surface area contributed by atoms with E-state index in [0.29, 0.717) is 0 Å². The molecule has 2 aromatic rings. The van der Waals surface area contributed by atoms with Gasteiger partial charge in [0.1, 0.15) is 5.82 Å². The minimum atomic E-state index is -3.65. The van der Waals surface area contributed by atoms with Crippen LogP contribution in [0.3, 0.4) is 0 Å². The molecule has 0 radical (unpaired) electrons. The first kappa shape index (κ1) is 12.5. The molecule has 3 rings (SSSR count). The van der Waals surface area contributed by atoms with Crippen molar-refractivity contribution in [2.45, 2.75) is 23.2 Å². The topological polar surface area (TPSA) is 106 Å². The maximum atomic E-state index is 11.1. The monoisotopic (exact) mass is 297 g/mol. The summed E-state index contributed by atoms with van der Waals surface area (Å²) in [7, 11) is -3.65. The Morgan fingerprint density at radius 2 is 1.95 bits per heavy atom. The standard InChI is InChI=1S/C11H11N3O3S2/c12-19(16,17)7-3-1-6(2-4-7)8-5-9(8)10-13-11(15)18-14-10/h1-4,8-9H,5H2,(H2,12,16,17)(H,13,14,15)/t8?,9-/m1/s1. The largest absolute Gasteiger partial charge is 0.323 e. The molecule has 1 aliphatic carbocycles. The fourth-order valence-electron chi connectivity index (χ4n) is 2.17. The summed E-state index contributed by atoms with van der Waals surface area (Å²) in [6.07, 6.45) is 0.911. The van der Waals surface area contributed by atoms with Crippen molar-refractivity contribution in [2.24, 2.45) is 5.14 Å². The third kappa shape index (κ3) is 2.46. The number of aromatic amines is 1. The van der Waals surface area contributed by atoms with Crippen LogP contribution in [0.5, 0.6) is 0 Å². The van der Waals surface area contributed by atoms with Crippen LogP contribution >= 0.6 is 11.5 Å². The molecular formula is C11H11N3O3S2. The third-order valence-electron chi connectivity index (χ3n) is 3.24. The molecule has 1 aromatic carbocycles. The van der Waals surface area contributed by atoms with Crippen molar-refractivity contribution in [1.82, 2.24) is 9.36 Å². The predicted octanol–water partition coefficient (Wildman–Crippen LogP) is 0.750. The fraction of sp³-hybridized carbons (Fsp3) is 0.273. The summed E-state index contributed by atoms with van der Waals surface area (Å²) in [5.41, 5.74) is 1.03. The van der Waals surface area contributed by atoms with Gasteiger partial charge in [-0.15, -0.1) is 0 Å². The summed E-state index contributed by atoms with van der Waals surface area (Å²) in [6, 6.07) is 6.53. The summed E-state index contributed by atoms with van der Waals surface area (Å²) >= 11 is 0.919. The average Bonchev–Trinajstić information content (AvgIpc) is 3.04. The van der Waals surface area contributed by atoms with Crippen LogP contribution in [-0.2, 0) is 10.0 Å². The number of aromatic nitrogens is 2. The molecule has 100 valence electrons. The molecule has 6 nitrogen and oxygen atoms in total. The lowest BCUT2D eigenvalue weighted by molar-refractivity contribution is 0.598. The second-order valence-corrected chi connectivity index (χ2v) is 6.84. The summed E-state index contributed by atoms with van der Waals surface area (Å²) in [5.74, 6) is 1.22. The van der Waals surface area contributed by atoms with E-state index in [-0.39, 0.29) is 21.6 Å². The summed E-state index contributed by atoms with van der Waals surface area (Å²) < 4.78 is 26.4. The lowest BCUT2D eigenvalue weighted by Gasteiger charge is -2.01. The molecule has 1 aromatic heterocycles. The van der Waals surface area contributed by atoms with Crippen molar-refractivity contribution in [3.05, 3.63) is 45.3 Å². The minimum Gasteiger partial charge on any atom is -0.299 e. The molecule has 0 spiro atoms. The predicted molar refractivity (Wildman–Crippen MR) is 70.6 cm³/mol. The Morgan fingerprint density at radius 1 is 1.26 bits per heavy atom. The highest BCUT2D eigenvalue weighted by molar-refractivity contribution is 7.89. The molecule has 19 heavy (non-hydrogen) atoms. The van der Waals surface area contributed by atoms with Crippen LogP contribution in [-0.4, -0.2) is 17.8 Å². The van der Waals surface area contributed by atoms with E-state index >= 15 is 0 Å². The molecular weight excluding hydrogens is 286 g/mol. The Morgan fingerprint density at radius 3 is 2.47 bits per heavy atom. The lowest BCUT2D eigenvalue weighted by atomic mass is 10.1. The molecule has 1 heterocycles. The zero-order valence-electron chi connectivity index (χ0n) is 9.74. The maximum Gasteiger partial charge on any atom is 0.323 e. The number of hydrogen-bond donors (Lipinski definition) is 2. The van der Waals surface area contributed by atoms with E-state index in [1.54, 1.807) is 12.1 Å². The van der Waals surface area contributed by atoms with Gasteiger partial charge in [-0.25, -0.2) is 13.6 Å². The SMILES string of the molecule is NS(=O)(=O)c1ccc(C2C[C@H]2c2nsc(=O)[nH]2)cc1. The Labute approximate surface area is 113 Å². The fourth-order valence-corrected chi connectivity index (χ4v) is 3.20. The highest BCUT2D eigenvalue weighted by atomic mass is 32.2.